The molecule has 1 unspecified atom stereocenters. The predicted molar refractivity (Wildman–Crippen MR) is 74.4 cm³/mol. The van der Waals surface area contributed by atoms with Gasteiger partial charge in [0.15, 0.2) is 0 Å². The molecule has 104 valence electrons. The number of carboxylic acid groups (broad SMARTS) is 1. The quantitative estimate of drug-likeness (QED) is 0.878. The Morgan fingerprint density at radius 2 is 1.68 bits per heavy atom. The lowest BCUT2D eigenvalue weighted by atomic mass is 10.0. The summed E-state index contributed by atoms with van der Waals surface area (Å²) in [5.74, 6) is -0.604. The third-order valence-corrected chi connectivity index (χ3v) is 3.09. The highest BCUT2D eigenvalue weighted by Gasteiger charge is 2.21. The molecule has 0 radical (unpaired) electrons. The summed E-state index contributed by atoms with van der Waals surface area (Å²) in [4.78, 5) is 23.8. The van der Waals surface area contributed by atoms with E-state index in [1.54, 1.807) is 0 Å². The van der Waals surface area contributed by atoms with Gasteiger partial charge in [-0.25, -0.2) is 9.59 Å². The van der Waals surface area contributed by atoms with Crippen molar-refractivity contribution in [1.29, 1.82) is 0 Å². The molecule has 2 N–H and O–H groups in total. The molecule has 1 rings (SSSR count). The number of carbonyl (C=O) groups is 2. The second-order valence-corrected chi connectivity index (χ2v) is 4.83. The molecule has 0 aliphatic rings. The average Bonchev–Trinajstić information content (AvgIpc) is 2.37. The zero-order valence-corrected chi connectivity index (χ0v) is 11.7. The van der Waals surface area contributed by atoms with E-state index in [9.17, 15) is 9.59 Å². The zero-order chi connectivity index (χ0) is 14.6. The normalized spacial score (nSPS) is 12.1. The molecule has 0 fully saturated rings. The number of amides is 2. The third-order valence-electron chi connectivity index (χ3n) is 3.09. The van der Waals surface area contributed by atoms with Crippen LogP contribution in [0.2, 0.25) is 0 Å². The van der Waals surface area contributed by atoms with E-state index in [4.69, 9.17) is 5.11 Å². The molecule has 19 heavy (non-hydrogen) atoms. The van der Waals surface area contributed by atoms with Gasteiger partial charge in [0.1, 0.15) is 6.04 Å². The lowest BCUT2D eigenvalue weighted by Crippen LogP contribution is -2.42. The summed E-state index contributed by atoms with van der Waals surface area (Å²) in [5, 5.41) is 11.5. The van der Waals surface area contributed by atoms with Crippen molar-refractivity contribution in [3.05, 3.63) is 29.8 Å². The second-order valence-electron chi connectivity index (χ2n) is 4.83. The Hall–Kier alpha value is -2.04. The molecule has 0 aliphatic heterocycles. The summed E-state index contributed by atoms with van der Waals surface area (Å²) in [6.07, 6.45) is 0. The van der Waals surface area contributed by atoms with Crippen molar-refractivity contribution in [3.63, 3.8) is 0 Å². The molecule has 5 nitrogen and oxygen atoms in total. The SMILES string of the molecule is CC(C)c1ccc(NC(=O)N(C)C(C)C(=O)O)cc1. The van der Waals surface area contributed by atoms with E-state index in [0.29, 0.717) is 11.6 Å². The van der Waals surface area contributed by atoms with E-state index < -0.39 is 18.0 Å². The molecule has 0 saturated heterocycles. The minimum absolute atomic E-state index is 0.430. The number of nitrogens with one attached hydrogen (secondary N) is 1. The number of anilines is 1. The Morgan fingerprint density at radius 1 is 1.16 bits per heavy atom. The zero-order valence-electron chi connectivity index (χ0n) is 11.7. The lowest BCUT2D eigenvalue weighted by Gasteiger charge is -2.22. The van der Waals surface area contributed by atoms with Crippen LogP contribution in [0.3, 0.4) is 0 Å². The minimum Gasteiger partial charge on any atom is -0.480 e. The van der Waals surface area contributed by atoms with Gasteiger partial charge in [-0.05, 0) is 30.5 Å². The van der Waals surface area contributed by atoms with Crippen LogP contribution in [0, 0.1) is 0 Å². The summed E-state index contributed by atoms with van der Waals surface area (Å²) in [6.45, 7) is 5.65. The standard InChI is InChI=1S/C14H20N2O3/c1-9(2)11-5-7-12(8-6-11)15-14(19)16(4)10(3)13(17)18/h5-10H,1-4H3,(H,15,19)(H,17,18). The number of benzene rings is 1. The first-order chi connectivity index (χ1) is 8.82. The molecule has 5 heteroatoms. The van der Waals surface area contributed by atoms with Gasteiger partial charge in [-0.3, -0.25) is 0 Å². The molecule has 1 atom stereocenters. The number of likely N-dealkylation sites (N-methyl/N-ethyl adjacent to an activating group) is 1. The highest BCUT2D eigenvalue weighted by molar-refractivity contribution is 5.92. The number of hydrogen-bond donors (Lipinski definition) is 2. The van der Waals surface area contributed by atoms with Crippen LogP contribution in [0.5, 0.6) is 0 Å². The van der Waals surface area contributed by atoms with Crippen LogP contribution in [0.25, 0.3) is 0 Å². The number of hydrogen-bond acceptors (Lipinski definition) is 2. The summed E-state index contributed by atoms with van der Waals surface area (Å²) in [5.41, 5.74) is 1.84. The van der Waals surface area contributed by atoms with Crippen molar-refractivity contribution in [2.24, 2.45) is 0 Å². The first-order valence-electron chi connectivity index (χ1n) is 6.19. The van der Waals surface area contributed by atoms with Gasteiger partial charge < -0.3 is 15.3 Å². The fourth-order valence-electron chi connectivity index (χ4n) is 1.50. The number of nitrogens with zero attached hydrogens (tertiary/aromatic N) is 1. The van der Waals surface area contributed by atoms with Crippen LogP contribution in [0.4, 0.5) is 10.5 Å². The van der Waals surface area contributed by atoms with Gasteiger partial charge in [0.05, 0.1) is 0 Å². The number of urea groups is 1. The Labute approximate surface area is 113 Å². The molecule has 0 spiro atoms. The highest BCUT2D eigenvalue weighted by atomic mass is 16.4. The molecule has 2 amide bonds. The smallest absolute Gasteiger partial charge is 0.326 e. The maximum Gasteiger partial charge on any atom is 0.326 e. The highest BCUT2D eigenvalue weighted by Crippen LogP contribution is 2.17. The Kier molecular flexibility index (Phi) is 4.92. The summed E-state index contributed by atoms with van der Waals surface area (Å²) >= 11 is 0. The molecule has 0 bridgehead atoms. The van der Waals surface area contributed by atoms with E-state index in [0.717, 1.165) is 4.90 Å². The molecular weight excluding hydrogens is 244 g/mol. The minimum atomic E-state index is -1.03. The maximum atomic E-state index is 11.8. The van der Waals surface area contributed by atoms with E-state index in [1.807, 2.05) is 24.3 Å². The number of carboxylic acids is 1. The van der Waals surface area contributed by atoms with Crippen molar-refractivity contribution in [1.82, 2.24) is 4.90 Å². The molecule has 0 aliphatic carbocycles. The molecular formula is C14H20N2O3. The van der Waals surface area contributed by atoms with Crippen LogP contribution >= 0.6 is 0 Å². The van der Waals surface area contributed by atoms with Gasteiger partial charge in [0.25, 0.3) is 0 Å². The van der Waals surface area contributed by atoms with Crippen LogP contribution < -0.4 is 5.32 Å². The van der Waals surface area contributed by atoms with Crippen molar-refractivity contribution >= 4 is 17.7 Å². The molecule has 0 aromatic heterocycles. The number of aliphatic carboxylic acids is 1. The number of rotatable bonds is 4. The summed E-state index contributed by atoms with van der Waals surface area (Å²) in [6, 6.07) is 6.21. The molecule has 0 saturated carbocycles. The van der Waals surface area contributed by atoms with Gasteiger partial charge in [-0.2, -0.15) is 0 Å². The topological polar surface area (TPSA) is 69.6 Å². The number of carbonyl (C=O) groups excluding carboxylic acids is 1. The van der Waals surface area contributed by atoms with E-state index in [-0.39, 0.29) is 0 Å². The molecule has 1 aromatic carbocycles. The van der Waals surface area contributed by atoms with Gasteiger partial charge in [0, 0.05) is 12.7 Å². The van der Waals surface area contributed by atoms with Gasteiger partial charge >= 0.3 is 12.0 Å². The first kappa shape index (κ1) is 15.0. The largest absolute Gasteiger partial charge is 0.480 e. The molecule has 1 aromatic rings. The van der Waals surface area contributed by atoms with Crippen molar-refractivity contribution in [2.75, 3.05) is 12.4 Å². The molecule has 0 heterocycles. The van der Waals surface area contributed by atoms with Crippen molar-refractivity contribution in [2.45, 2.75) is 32.7 Å². The van der Waals surface area contributed by atoms with Crippen LogP contribution in [0.15, 0.2) is 24.3 Å². The fraction of sp³-hybridized carbons (Fsp3) is 0.429. The van der Waals surface area contributed by atoms with Crippen LogP contribution in [0.1, 0.15) is 32.3 Å². The monoisotopic (exact) mass is 264 g/mol. The fourth-order valence-corrected chi connectivity index (χ4v) is 1.50. The van der Waals surface area contributed by atoms with Crippen LogP contribution in [-0.2, 0) is 4.79 Å². The van der Waals surface area contributed by atoms with E-state index in [2.05, 4.69) is 19.2 Å². The van der Waals surface area contributed by atoms with Gasteiger partial charge in [-0.15, -0.1) is 0 Å². The Morgan fingerprint density at radius 3 is 2.11 bits per heavy atom. The maximum absolute atomic E-state index is 11.8. The summed E-state index contributed by atoms with van der Waals surface area (Å²) < 4.78 is 0. The first-order valence-corrected chi connectivity index (χ1v) is 6.19. The second kappa shape index (κ2) is 6.22. The average molecular weight is 264 g/mol. The summed E-state index contributed by atoms with van der Waals surface area (Å²) in [7, 11) is 1.45. The Bertz CT molecular complexity index is 454. The lowest BCUT2D eigenvalue weighted by molar-refractivity contribution is -0.141. The third kappa shape index (κ3) is 3.98. The van der Waals surface area contributed by atoms with Crippen LogP contribution in [-0.4, -0.2) is 35.1 Å². The van der Waals surface area contributed by atoms with Gasteiger partial charge in [-0.1, -0.05) is 26.0 Å². The van der Waals surface area contributed by atoms with Gasteiger partial charge in [0.2, 0.25) is 0 Å². The Balaban J connectivity index is 2.69. The van der Waals surface area contributed by atoms with E-state index in [1.165, 1.54) is 19.5 Å². The predicted octanol–water partition coefficient (Wildman–Crippen LogP) is 2.75. The van der Waals surface area contributed by atoms with Crippen molar-refractivity contribution in [3.8, 4) is 0 Å². The van der Waals surface area contributed by atoms with E-state index >= 15 is 0 Å². The van der Waals surface area contributed by atoms with Crippen molar-refractivity contribution < 1.29 is 14.7 Å².